The molecule has 0 saturated carbocycles. The van der Waals surface area contributed by atoms with Gasteiger partial charge in [-0.1, -0.05) is 110 Å². The van der Waals surface area contributed by atoms with Gasteiger partial charge in [-0.3, -0.25) is 0 Å². The van der Waals surface area contributed by atoms with Crippen LogP contribution >= 0.6 is 23.5 Å². The average molecular weight is 917 g/mol. The van der Waals surface area contributed by atoms with Crippen molar-refractivity contribution in [1.29, 1.82) is 0 Å². The average Bonchev–Trinajstić information content (AvgIpc) is 3.32. The van der Waals surface area contributed by atoms with E-state index in [-0.39, 0.29) is 44.9 Å². The quantitative estimate of drug-likeness (QED) is 0.0192. The lowest BCUT2D eigenvalue weighted by Gasteiger charge is -2.20. The molecule has 0 heterocycles. The molecular weight excluding hydrogens is 861 g/mol. The number of carboxylic acids is 1. The lowest BCUT2D eigenvalue weighted by atomic mass is 10.1. The Labute approximate surface area is 383 Å². The minimum Gasteiger partial charge on any atom is -0.489 e. The summed E-state index contributed by atoms with van der Waals surface area (Å²) in [5.41, 5.74) is 3.81. The molecule has 0 bridgehead atoms. The van der Waals surface area contributed by atoms with Crippen LogP contribution < -0.4 is 20.1 Å². The van der Waals surface area contributed by atoms with Crippen molar-refractivity contribution in [3.63, 3.8) is 0 Å². The van der Waals surface area contributed by atoms with Crippen molar-refractivity contribution in [2.75, 3.05) is 82.3 Å². The number of amides is 2. The van der Waals surface area contributed by atoms with Crippen LogP contribution in [0.2, 0.25) is 0 Å². The number of rotatable bonds is 31. The van der Waals surface area contributed by atoms with Gasteiger partial charge in [0.25, 0.3) is 0 Å². The first-order valence-electron chi connectivity index (χ1n) is 20.7. The Morgan fingerprint density at radius 1 is 0.609 bits per heavy atom. The van der Waals surface area contributed by atoms with Crippen LogP contribution in [0.1, 0.15) is 6.42 Å². The van der Waals surface area contributed by atoms with Crippen molar-refractivity contribution in [1.82, 2.24) is 10.6 Å². The van der Waals surface area contributed by atoms with Crippen LogP contribution in [0.15, 0.2) is 134 Å². The topological polar surface area (TPSA) is 177 Å². The van der Waals surface area contributed by atoms with Crippen molar-refractivity contribution < 1.29 is 57.4 Å². The highest BCUT2D eigenvalue weighted by Gasteiger charge is 2.19. The van der Waals surface area contributed by atoms with Crippen LogP contribution in [0.3, 0.4) is 0 Å². The van der Waals surface area contributed by atoms with E-state index in [9.17, 15) is 19.2 Å². The maximum atomic E-state index is 12.6. The maximum absolute atomic E-state index is 12.6. The lowest BCUT2D eigenvalue weighted by molar-refractivity contribution is -0.137. The van der Waals surface area contributed by atoms with Gasteiger partial charge in [-0.15, -0.1) is 0 Å². The number of nitrogens with one attached hydrogen (secondary N) is 2. The molecule has 2 atom stereocenters. The molecule has 16 heteroatoms. The zero-order valence-corrected chi connectivity index (χ0v) is 37.3. The second-order valence-electron chi connectivity index (χ2n) is 13.7. The molecule has 0 aliphatic heterocycles. The minimum absolute atomic E-state index is 0.0112. The predicted octanol–water partition coefficient (Wildman–Crippen LogP) is 7.93. The summed E-state index contributed by atoms with van der Waals surface area (Å²) in [6.07, 6.45) is -1.40. The number of aliphatic carboxylic acids is 1. The smallest absolute Gasteiger partial charge is 0.407 e. The van der Waals surface area contributed by atoms with E-state index in [4.69, 9.17) is 38.3 Å². The van der Waals surface area contributed by atoms with Gasteiger partial charge in [-0.2, -0.15) is 23.5 Å². The van der Waals surface area contributed by atoms with Crippen LogP contribution in [0, 0.1) is 0 Å². The molecule has 342 valence electrons. The van der Waals surface area contributed by atoms with E-state index in [1.807, 2.05) is 109 Å². The highest BCUT2D eigenvalue weighted by molar-refractivity contribution is 7.99. The first-order chi connectivity index (χ1) is 31.2. The van der Waals surface area contributed by atoms with E-state index in [0.717, 1.165) is 28.3 Å². The molecule has 2 amide bonds. The maximum Gasteiger partial charge on any atom is 0.407 e. The van der Waals surface area contributed by atoms with Crippen molar-refractivity contribution >= 4 is 47.6 Å². The summed E-state index contributed by atoms with van der Waals surface area (Å²) in [5.74, 6) is 1.76. The Morgan fingerprint density at radius 3 is 1.53 bits per heavy atom. The second kappa shape index (κ2) is 30.2. The molecule has 14 nitrogen and oxygen atoms in total. The molecule has 4 rings (SSSR count). The first kappa shape index (κ1) is 50.7. The van der Waals surface area contributed by atoms with Gasteiger partial charge < -0.3 is 48.9 Å². The fourth-order valence-corrected chi connectivity index (χ4v) is 7.31. The molecule has 64 heavy (non-hydrogen) atoms. The van der Waals surface area contributed by atoms with E-state index in [0.29, 0.717) is 60.9 Å². The first-order valence-corrected chi connectivity index (χ1v) is 23.0. The van der Waals surface area contributed by atoms with Crippen LogP contribution in [0.5, 0.6) is 11.5 Å². The predicted molar refractivity (Wildman–Crippen MR) is 250 cm³/mol. The Kier molecular flexibility index (Phi) is 23.9. The lowest BCUT2D eigenvalue weighted by Crippen LogP contribution is -2.35. The largest absolute Gasteiger partial charge is 0.489 e. The van der Waals surface area contributed by atoms with Gasteiger partial charge in [-0.25, -0.2) is 19.2 Å². The highest BCUT2D eigenvalue weighted by atomic mass is 32.2. The van der Waals surface area contributed by atoms with Crippen molar-refractivity contribution in [2.24, 2.45) is 0 Å². The number of hydrogen-bond acceptors (Lipinski definition) is 13. The van der Waals surface area contributed by atoms with Crippen molar-refractivity contribution in [2.45, 2.75) is 18.6 Å². The van der Waals surface area contributed by atoms with Crippen molar-refractivity contribution in [3.8, 4) is 33.8 Å². The molecule has 0 aliphatic rings. The molecule has 0 aromatic heterocycles. The van der Waals surface area contributed by atoms with E-state index < -0.39 is 36.3 Å². The number of hydrogen-bond donors (Lipinski definition) is 3. The molecule has 0 aliphatic carbocycles. The van der Waals surface area contributed by atoms with Crippen LogP contribution in [0.4, 0.5) is 9.59 Å². The fraction of sp³-hybridized carbons (Fsp3) is 0.333. The van der Waals surface area contributed by atoms with Gasteiger partial charge in [0.2, 0.25) is 0 Å². The molecular formula is C48H56N2O12S2. The van der Waals surface area contributed by atoms with E-state index >= 15 is 0 Å². The molecule has 0 saturated heterocycles. The van der Waals surface area contributed by atoms with Crippen LogP contribution in [-0.2, 0) is 33.3 Å². The number of esters is 1. The number of alkyl carbamates (subject to hydrolysis) is 2. The standard InChI is InChI=1S/C48H56N2O12S2/c1-3-45(51)58-25-24-50-48(55)62-40(33-60-44-21-13-11-19-42(44)38-16-8-5-9-17-38)35-64-31-29-57-27-26-56-28-30-63-34-39(61-47(54)49-23-22-36(2)46(52)53)32-59-43-20-12-10-18-41(43)37-14-6-4-7-15-37/h3-21,39-40H,1-2,22-35H2,(H,49,54)(H,50,55)(H,52,53). The van der Waals surface area contributed by atoms with Crippen LogP contribution in [-0.4, -0.2) is 124 Å². The third-order valence-corrected chi connectivity index (χ3v) is 11.0. The summed E-state index contributed by atoms with van der Waals surface area (Å²) in [6, 6.07) is 35.0. The fourth-order valence-electron chi connectivity index (χ4n) is 5.65. The number of ether oxygens (including phenoxy) is 7. The number of carbonyl (C=O) groups excluding carboxylic acids is 3. The highest BCUT2D eigenvalue weighted by Crippen LogP contribution is 2.31. The molecule has 0 radical (unpaired) electrons. The van der Waals surface area contributed by atoms with E-state index in [2.05, 4.69) is 23.8 Å². The minimum atomic E-state index is -1.12. The Morgan fingerprint density at radius 2 is 1.06 bits per heavy atom. The van der Waals surface area contributed by atoms with Gasteiger partial charge in [0.15, 0.2) is 0 Å². The number of carbonyl (C=O) groups is 4. The summed E-state index contributed by atoms with van der Waals surface area (Å²) in [4.78, 5) is 47.6. The molecule has 4 aromatic carbocycles. The van der Waals surface area contributed by atoms with Gasteiger partial charge in [0.05, 0.1) is 33.0 Å². The summed E-state index contributed by atoms with van der Waals surface area (Å²) in [7, 11) is 0. The molecule has 2 unspecified atom stereocenters. The molecule has 4 aromatic rings. The summed E-state index contributed by atoms with van der Waals surface area (Å²) < 4.78 is 40.2. The Balaban J connectivity index is 1.16. The molecule has 0 spiro atoms. The van der Waals surface area contributed by atoms with Gasteiger partial charge in [0.1, 0.15) is 43.5 Å². The van der Waals surface area contributed by atoms with Gasteiger partial charge in [-0.05, 0) is 29.7 Å². The summed E-state index contributed by atoms with van der Waals surface area (Å²) >= 11 is 3.09. The molecule has 3 N–H and O–H groups in total. The third kappa shape index (κ3) is 20.1. The monoisotopic (exact) mass is 916 g/mol. The number of thioether (sulfide) groups is 2. The molecule has 0 fully saturated rings. The summed E-state index contributed by atoms with van der Waals surface area (Å²) in [5, 5.41) is 14.2. The Hall–Kier alpha value is -5.94. The number of para-hydroxylation sites is 2. The number of carboxylic acid groups (broad SMARTS) is 1. The Bertz CT molecular complexity index is 2040. The zero-order chi connectivity index (χ0) is 45.6. The second-order valence-corrected chi connectivity index (χ2v) is 16.0. The van der Waals surface area contributed by atoms with Crippen molar-refractivity contribution in [3.05, 3.63) is 134 Å². The van der Waals surface area contributed by atoms with Gasteiger partial charge >= 0.3 is 24.1 Å². The van der Waals surface area contributed by atoms with Gasteiger partial charge in [0, 0.05) is 52.3 Å². The SMILES string of the molecule is C=CC(=O)OCCNC(=O)OC(COc1ccccc1-c1ccccc1)CSCCOCCOCCSCC(COc1ccccc1-c1ccccc1)OC(=O)NCCC(=C)C(=O)O. The zero-order valence-electron chi connectivity index (χ0n) is 35.7. The van der Waals surface area contributed by atoms with E-state index in [1.165, 1.54) is 0 Å². The normalized spacial score (nSPS) is 11.6. The van der Waals surface area contributed by atoms with E-state index in [1.54, 1.807) is 23.5 Å². The third-order valence-electron chi connectivity index (χ3n) is 8.85. The summed E-state index contributed by atoms with van der Waals surface area (Å²) in [6.45, 7) is 8.85. The van der Waals surface area contributed by atoms with Crippen LogP contribution in [0.25, 0.3) is 22.3 Å². The number of benzene rings is 4.